The summed E-state index contributed by atoms with van der Waals surface area (Å²) in [6, 6.07) is 10.6. The molecule has 0 amide bonds. The summed E-state index contributed by atoms with van der Waals surface area (Å²) >= 11 is 0. The van der Waals surface area contributed by atoms with E-state index >= 15 is 0 Å². The number of hydrogen-bond acceptors (Lipinski definition) is 8. The predicted octanol–water partition coefficient (Wildman–Crippen LogP) is 2.27. The molecule has 3 heterocycles. The van der Waals surface area contributed by atoms with E-state index in [1.54, 1.807) is 36.1 Å². The van der Waals surface area contributed by atoms with Gasteiger partial charge in [-0.2, -0.15) is 9.78 Å². The van der Waals surface area contributed by atoms with Gasteiger partial charge in [0.05, 0.1) is 19.9 Å². The van der Waals surface area contributed by atoms with Crippen LogP contribution >= 0.6 is 0 Å². The molecular formula is C20H16FN7O3. The summed E-state index contributed by atoms with van der Waals surface area (Å²) in [7, 11) is 3.09. The molecule has 0 fully saturated rings. The number of hydrogen-bond donors (Lipinski definition) is 2. The molecule has 31 heavy (non-hydrogen) atoms. The molecule has 1 aliphatic heterocycles. The fourth-order valence-electron chi connectivity index (χ4n) is 3.70. The molecule has 0 bridgehead atoms. The molecule has 1 unspecified atom stereocenters. The van der Waals surface area contributed by atoms with Gasteiger partial charge in [0.1, 0.15) is 17.5 Å². The Hall–Kier alpha value is -4.28. The number of nitrogens with zero attached hydrogens (tertiary/aromatic N) is 5. The van der Waals surface area contributed by atoms with Gasteiger partial charge in [-0.3, -0.25) is 4.79 Å². The van der Waals surface area contributed by atoms with Crippen molar-refractivity contribution in [1.82, 2.24) is 30.4 Å². The number of aromatic amines is 1. The summed E-state index contributed by atoms with van der Waals surface area (Å²) in [6.45, 7) is 0. The summed E-state index contributed by atoms with van der Waals surface area (Å²) in [4.78, 5) is 12.7. The van der Waals surface area contributed by atoms with Gasteiger partial charge in [0.15, 0.2) is 11.5 Å². The zero-order chi connectivity index (χ0) is 21.5. The highest BCUT2D eigenvalue weighted by Gasteiger charge is 2.34. The minimum absolute atomic E-state index is 0.261. The maximum Gasteiger partial charge on any atom is 0.288 e. The van der Waals surface area contributed by atoms with Crippen molar-refractivity contribution in [3.8, 4) is 22.8 Å². The monoisotopic (exact) mass is 421 g/mol. The molecule has 4 aromatic rings. The van der Waals surface area contributed by atoms with Crippen molar-refractivity contribution >= 4 is 11.6 Å². The number of benzene rings is 2. The van der Waals surface area contributed by atoms with E-state index in [0.29, 0.717) is 34.3 Å². The van der Waals surface area contributed by atoms with Crippen molar-refractivity contribution in [3.05, 3.63) is 69.8 Å². The van der Waals surface area contributed by atoms with Crippen LogP contribution in [0.25, 0.3) is 11.3 Å². The summed E-state index contributed by atoms with van der Waals surface area (Å²) in [6.07, 6.45) is 0. The highest BCUT2D eigenvalue weighted by Crippen LogP contribution is 2.42. The molecule has 156 valence electrons. The van der Waals surface area contributed by atoms with Crippen LogP contribution < -0.4 is 20.3 Å². The van der Waals surface area contributed by atoms with Gasteiger partial charge in [-0.25, -0.2) is 9.49 Å². The Morgan fingerprint density at radius 3 is 2.58 bits per heavy atom. The lowest BCUT2D eigenvalue weighted by Gasteiger charge is -2.28. The zero-order valence-electron chi connectivity index (χ0n) is 16.5. The molecule has 2 aromatic carbocycles. The summed E-state index contributed by atoms with van der Waals surface area (Å²) in [5, 5.41) is 21.6. The number of methoxy groups -OCH3 is 2. The van der Waals surface area contributed by atoms with Crippen LogP contribution in [0.5, 0.6) is 11.5 Å². The first kappa shape index (κ1) is 18.7. The molecule has 1 aliphatic rings. The molecule has 1 atom stereocenters. The number of ether oxygens (including phenoxy) is 2. The SMILES string of the molecule is COc1ccc(C2c3c(-c4ccc(F)cc4)n[nH]c(=O)c3Nc3nnnn32)cc1OC. The molecule has 0 spiro atoms. The number of H-pyrrole nitrogens is 1. The van der Waals surface area contributed by atoms with Gasteiger partial charge in [0.25, 0.3) is 5.56 Å². The van der Waals surface area contributed by atoms with Crippen LogP contribution in [-0.2, 0) is 0 Å². The van der Waals surface area contributed by atoms with Gasteiger partial charge in [-0.1, -0.05) is 11.2 Å². The number of anilines is 2. The molecule has 2 N–H and O–H groups in total. The number of fused-ring (bicyclic) bond motifs is 2. The van der Waals surface area contributed by atoms with Crippen LogP contribution in [0.15, 0.2) is 47.3 Å². The van der Waals surface area contributed by atoms with Crippen LogP contribution in [0, 0.1) is 5.82 Å². The number of rotatable bonds is 4. The average Bonchev–Trinajstić information content (AvgIpc) is 3.27. The molecule has 11 heteroatoms. The molecule has 0 radical (unpaired) electrons. The van der Waals surface area contributed by atoms with Crippen LogP contribution in [-0.4, -0.2) is 44.6 Å². The molecule has 5 rings (SSSR count). The largest absolute Gasteiger partial charge is 0.493 e. The van der Waals surface area contributed by atoms with Crippen molar-refractivity contribution in [2.75, 3.05) is 19.5 Å². The fraction of sp³-hybridized carbons (Fsp3) is 0.150. The van der Waals surface area contributed by atoms with Gasteiger partial charge in [-0.05, 0) is 52.4 Å². The van der Waals surface area contributed by atoms with Crippen molar-refractivity contribution in [1.29, 1.82) is 0 Å². The van der Waals surface area contributed by atoms with E-state index in [4.69, 9.17) is 9.47 Å². The van der Waals surface area contributed by atoms with E-state index in [1.807, 2.05) is 6.07 Å². The third kappa shape index (κ3) is 2.98. The highest BCUT2D eigenvalue weighted by molar-refractivity contribution is 5.75. The molecule has 2 aromatic heterocycles. The first-order chi connectivity index (χ1) is 15.1. The molecule has 0 saturated heterocycles. The van der Waals surface area contributed by atoms with Crippen LogP contribution in [0.3, 0.4) is 0 Å². The topological polar surface area (TPSA) is 120 Å². The van der Waals surface area contributed by atoms with Crippen LogP contribution in [0.4, 0.5) is 16.0 Å². The highest BCUT2D eigenvalue weighted by atomic mass is 19.1. The number of aromatic nitrogens is 6. The lowest BCUT2D eigenvalue weighted by atomic mass is 9.92. The summed E-state index contributed by atoms with van der Waals surface area (Å²) in [5.74, 6) is 0.990. The third-order valence-corrected chi connectivity index (χ3v) is 5.11. The summed E-state index contributed by atoms with van der Waals surface area (Å²) in [5.41, 5.74) is 2.20. The Morgan fingerprint density at radius 1 is 1.06 bits per heavy atom. The minimum atomic E-state index is -0.601. The molecule has 0 saturated carbocycles. The van der Waals surface area contributed by atoms with E-state index in [9.17, 15) is 9.18 Å². The fourth-order valence-corrected chi connectivity index (χ4v) is 3.70. The quantitative estimate of drug-likeness (QED) is 0.454. The first-order valence-electron chi connectivity index (χ1n) is 9.26. The molecule has 0 aliphatic carbocycles. The Bertz CT molecular complexity index is 1330. The van der Waals surface area contributed by atoms with Crippen molar-refractivity contribution in [2.45, 2.75) is 6.04 Å². The van der Waals surface area contributed by atoms with E-state index in [2.05, 4.69) is 31.0 Å². The second-order valence-corrected chi connectivity index (χ2v) is 6.79. The Balaban J connectivity index is 1.79. The van der Waals surface area contributed by atoms with E-state index < -0.39 is 11.6 Å². The zero-order valence-corrected chi connectivity index (χ0v) is 16.5. The van der Waals surface area contributed by atoms with Crippen LogP contribution in [0.1, 0.15) is 17.2 Å². The predicted molar refractivity (Wildman–Crippen MR) is 108 cm³/mol. The number of tetrazole rings is 1. The summed E-state index contributed by atoms with van der Waals surface area (Å²) < 4.78 is 25.9. The number of nitrogens with one attached hydrogen (secondary N) is 2. The van der Waals surface area contributed by atoms with Gasteiger partial charge in [0, 0.05) is 11.1 Å². The third-order valence-electron chi connectivity index (χ3n) is 5.11. The molecular weight excluding hydrogens is 405 g/mol. The van der Waals surface area contributed by atoms with E-state index in [1.165, 1.54) is 19.2 Å². The number of halogens is 1. The van der Waals surface area contributed by atoms with Crippen molar-refractivity contribution in [3.63, 3.8) is 0 Å². The smallest absolute Gasteiger partial charge is 0.288 e. The Morgan fingerprint density at radius 2 is 1.84 bits per heavy atom. The van der Waals surface area contributed by atoms with E-state index in [-0.39, 0.29) is 11.5 Å². The second kappa shape index (κ2) is 7.20. The minimum Gasteiger partial charge on any atom is -0.493 e. The normalized spacial score (nSPS) is 14.4. The standard InChI is InChI=1S/C20H16FN7O3/c1-30-13-8-5-11(9-14(13)31-2)18-15-16(10-3-6-12(21)7-4-10)23-24-19(29)17(15)22-20-25-26-27-28(18)20/h3-9,18H,1-2H3,(H,24,29)(H,22,25,27). The first-order valence-corrected chi connectivity index (χ1v) is 9.26. The lowest BCUT2D eigenvalue weighted by Crippen LogP contribution is -2.29. The lowest BCUT2D eigenvalue weighted by molar-refractivity contribution is 0.354. The van der Waals surface area contributed by atoms with Gasteiger partial charge in [-0.15, -0.1) is 0 Å². The maximum atomic E-state index is 13.5. The second-order valence-electron chi connectivity index (χ2n) is 6.79. The van der Waals surface area contributed by atoms with Crippen molar-refractivity contribution in [2.24, 2.45) is 0 Å². The van der Waals surface area contributed by atoms with E-state index in [0.717, 1.165) is 5.56 Å². The van der Waals surface area contributed by atoms with Crippen LogP contribution in [0.2, 0.25) is 0 Å². The molecule has 10 nitrogen and oxygen atoms in total. The average molecular weight is 421 g/mol. The maximum absolute atomic E-state index is 13.5. The van der Waals surface area contributed by atoms with Gasteiger partial charge in [0.2, 0.25) is 5.95 Å². The Labute approximate surface area is 174 Å². The Kier molecular flexibility index (Phi) is 4.35. The van der Waals surface area contributed by atoms with Crippen molar-refractivity contribution < 1.29 is 13.9 Å². The van der Waals surface area contributed by atoms with Gasteiger partial charge >= 0.3 is 0 Å². The van der Waals surface area contributed by atoms with Gasteiger partial charge < -0.3 is 14.8 Å².